The number of carbonyl (C=O) groups excluding carboxylic acids is 1. The fourth-order valence-corrected chi connectivity index (χ4v) is 3.81. The monoisotopic (exact) mass is 424 g/mol. The molecule has 7 nitrogen and oxygen atoms in total. The van der Waals surface area contributed by atoms with Gasteiger partial charge in [-0.1, -0.05) is 35.9 Å². The van der Waals surface area contributed by atoms with Crippen molar-refractivity contribution >= 4 is 22.3 Å². The molecule has 0 amide bonds. The number of aryl methyl sites for hydroxylation is 1. The van der Waals surface area contributed by atoms with Crippen molar-refractivity contribution in [1.82, 2.24) is 19.2 Å². The Morgan fingerprint density at radius 1 is 1.00 bits per heavy atom. The van der Waals surface area contributed by atoms with Gasteiger partial charge in [0, 0.05) is 16.5 Å². The number of carbonyl (C=O) groups is 1. The number of Topliss-reactive ketones (excluding diaryl/α,β-unsaturated/α-hetero) is 1. The molecular formula is C25H20N4O3. The number of hydrogen-bond donors (Lipinski definition) is 0. The van der Waals surface area contributed by atoms with E-state index in [1.165, 1.54) is 9.08 Å². The number of fused-ring (bicyclic) bond motifs is 3. The lowest BCUT2D eigenvalue weighted by Crippen LogP contribution is -2.30. The topological polar surface area (TPSA) is 78.5 Å². The largest absolute Gasteiger partial charge is 0.497 e. The number of methoxy groups -OCH3 is 1. The van der Waals surface area contributed by atoms with Crippen molar-refractivity contribution in [3.05, 3.63) is 94.4 Å². The molecule has 0 radical (unpaired) electrons. The molecule has 0 aliphatic heterocycles. The van der Waals surface area contributed by atoms with Crippen LogP contribution in [0.25, 0.3) is 27.9 Å². The van der Waals surface area contributed by atoms with Gasteiger partial charge in [-0.15, -0.1) is 5.10 Å². The van der Waals surface area contributed by atoms with Crippen LogP contribution in [0.3, 0.4) is 0 Å². The molecule has 158 valence electrons. The second kappa shape index (κ2) is 7.77. The van der Waals surface area contributed by atoms with Crippen LogP contribution in [-0.2, 0) is 6.54 Å². The second-order valence-corrected chi connectivity index (χ2v) is 7.58. The number of rotatable bonds is 5. The van der Waals surface area contributed by atoms with Crippen LogP contribution in [0.2, 0.25) is 0 Å². The van der Waals surface area contributed by atoms with Crippen molar-refractivity contribution in [2.45, 2.75) is 13.5 Å². The summed E-state index contributed by atoms with van der Waals surface area (Å²) in [4.78, 5) is 31.0. The normalized spacial score (nSPS) is 11.2. The summed E-state index contributed by atoms with van der Waals surface area (Å²) in [6.07, 6.45) is 0. The maximum atomic E-state index is 13.4. The molecule has 0 aliphatic rings. The van der Waals surface area contributed by atoms with Gasteiger partial charge in [-0.25, -0.2) is 9.78 Å². The van der Waals surface area contributed by atoms with Gasteiger partial charge in [0.15, 0.2) is 17.3 Å². The Labute approximate surface area is 183 Å². The maximum Gasteiger partial charge on any atom is 0.351 e. The van der Waals surface area contributed by atoms with Crippen LogP contribution in [0.15, 0.2) is 77.6 Å². The number of para-hydroxylation sites is 1. The van der Waals surface area contributed by atoms with Gasteiger partial charge < -0.3 is 4.74 Å². The Bertz CT molecular complexity index is 1530. The van der Waals surface area contributed by atoms with E-state index in [0.717, 1.165) is 16.5 Å². The Morgan fingerprint density at radius 2 is 1.78 bits per heavy atom. The lowest BCUT2D eigenvalue weighted by atomic mass is 10.1. The Hall–Kier alpha value is -4.26. The number of hydrogen-bond acceptors (Lipinski definition) is 5. The minimum atomic E-state index is -0.410. The highest BCUT2D eigenvalue weighted by Crippen LogP contribution is 2.22. The zero-order valence-electron chi connectivity index (χ0n) is 17.6. The fraction of sp³-hybridized carbons (Fsp3) is 0.120. The molecule has 32 heavy (non-hydrogen) atoms. The smallest absolute Gasteiger partial charge is 0.351 e. The van der Waals surface area contributed by atoms with Crippen molar-refractivity contribution in [3.8, 4) is 17.1 Å². The van der Waals surface area contributed by atoms with E-state index in [9.17, 15) is 9.59 Å². The Kier molecular flexibility index (Phi) is 4.78. The first-order chi connectivity index (χ1) is 15.5. The summed E-state index contributed by atoms with van der Waals surface area (Å²) in [5.74, 6) is 0.949. The van der Waals surface area contributed by atoms with E-state index in [0.29, 0.717) is 28.3 Å². The predicted octanol–water partition coefficient (Wildman–Crippen LogP) is 3.91. The van der Waals surface area contributed by atoms with E-state index >= 15 is 0 Å². The van der Waals surface area contributed by atoms with E-state index in [1.54, 1.807) is 31.4 Å². The molecule has 5 rings (SSSR count). The molecule has 0 aliphatic carbocycles. The second-order valence-electron chi connectivity index (χ2n) is 7.58. The van der Waals surface area contributed by atoms with Crippen LogP contribution in [0.5, 0.6) is 5.75 Å². The zero-order valence-corrected chi connectivity index (χ0v) is 17.6. The van der Waals surface area contributed by atoms with Crippen molar-refractivity contribution < 1.29 is 9.53 Å². The van der Waals surface area contributed by atoms with Crippen molar-refractivity contribution in [1.29, 1.82) is 0 Å². The SMILES string of the molecule is COc1ccc(C(=O)Cn2c(=O)n3nc(-c4cccc(C)c4)nc3c3ccccc32)cc1. The van der Waals surface area contributed by atoms with Crippen LogP contribution in [0, 0.1) is 6.92 Å². The molecular weight excluding hydrogens is 404 g/mol. The molecule has 0 spiro atoms. The van der Waals surface area contributed by atoms with E-state index in [-0.39, 0.29) is 12.3 Å². The average Bonchev–Trinajstić information content (AvgIpc) is 3.28. The van der Waals surface area contributed by atoms with Gasteiger partial charge in [0.05, 0.1) is 19.2 Å². The minimum Gasteiger partial charge on any atom is -0.497 e. The molecule has 0 saturated heterocycles. The first-order valence-corrected chi connectivity index (χ1v) is 10.2. The van der Waals surface area contributed by atoms with Gasteiger partial charge in [0.1, 0.15) is 5.75 Å². The molecule has 0 N–H and O–H groups in total. The molecule has 0 unspecified atom stereocenters. The summed E-state index contributed by atoms with van der Waals surface area (Å²) < 4.78 is 7.88. The number of benzene rings is 3. The highest BCUT2D eigenvalue weighted by molar-refractivity contribution is 5.98. The summed E-state index contributed by atoms with van der Waals surface area (Å²) in [6, 6.07) is 22.1. The summed E-state index contributed by atoms with van der Waals surface area (Å²) in [5.41, 5.74) is 3.10. The third-order valence-electron chi connectivity index (χ3n) is 5.44. The van der Waals surface area contributed by atoms with Crippen LogP contribution in [0.1, 0.15) is 15.9 Å². The number of nitrogens with zero attached hydrogens (tertiary/aromatic N) is 4. The standard InChI is InChI=1S/C25H20N4O3/c1-16-6-5-7-18(14-16)23-26-24-20-8-3-4-9-21(20)28(25(31)29(24)27-23)15-22(30)17-10-12-19(32-2)13-11-17/h3-14H,15H2,1-2H3. The van der Waals surface area contributed by atoms with Gasteiger partial charge in [-0.3, -0.25) is 9.36 Å². The highest BCUT2D eigenvalue weighted by atomic mass is 16.5. The summed E-state index contributed by atoms with van der Waals surface area (Å²) in [5, 5.41) is 5.23. The van der Waals surface area contributed by atoms with E-state index in [1.807, 2.05) is 55.5 Å². The lowest BCUT2D eigenvalue weighted by Gasteiger charge is -2.10. The molecule has 2 heterocycles. The first-order valence-electron chi connectivity index (χ1n) is 10.2. The molecule has 0 bridgehead atoms. The minimum absolute atomic E-state index is 0.110. The van der Waals surface area contributed by atoms with Crippen molar-refractivity contribution in [2.24, 2.45) is 0 Å². The summed E-state index contributed by atoms with van der Waals surface area (Å²) in [7, 11) is 1.57. The summed E-state index contributed by atoms with van der Waals surface area (Å²) in [6.45, 7) is 1.88. The van der Waals surface area contributed by atoms with Gasteiger partial charge in [0.25, 0.3) is 0 Å². The van der Waals surface area contributed by atoms with E-state index in [4.69, 9.17) is 4.74 Å². The van der Waals surface area contributed by atoms with Crippen LogP contribution < -0.4 is 10.4 Å². The number of aromatic nitrogens is 4. The summed E-state index contributed by atoms with van der Waals surface area (Å²) >= 11 is 0. The average molecular weight is 424 g/mol. The molecule has 3 aromatic carbocycles. The van der Waals surface area contributed by atoms with Gasteiger partial charge >= 0.3 is 5.69 Å². The zero-order chi connectivity index (χ0) is 22.2. The van der Waals surface area contributed by atoms with Crippen molar-refractivity contribution in [3.63, 3.8) is 0 Å². The highest BCUT2D eigenvalue weighted by Gasteiger charge is 2.18. The Balaban J connectivity index is 1.66. The third-order valence-corrected chi connectivity index (χ3v) is 5.44. The molecule has 2 aromatic heterocycles. The predicted molar refractivity (Wildman–Crippen MR) is 122 cm³/mol. The van der Waals surface area contributed by atoms with Gasteiger partial charge in [-0.05, 0) is 49.4 Å². The van der Waals surface area contributed by atoms with Crippen LogP contribution in [0.4, 0.5) is 0 Å². The Morgan fingerprint density at radius 3 is 2.53 bits per heavy atom. The number of ketones is 1. The van der Waals surface area contributed by atoms with E-state index in [2.05, 4.69) is 10.1 Å². The third kappa shape index (κ3) is 3.33. The van der Waals surface area contributed by atoms with Crippen LogP contribution in [-0.4, -0.2) is 32.1 Å². The lowest BCUT2D eigenvalue weighted by molar-refractivity contribution is 0.0971. The molecule has 5 aromatic rings. The van der Waals surface area contributed by atoms with Crippen LogP contribution >= 0.6 is 0 Å². The van der Waals surface area contributed by atoms with Gasteiger partial charge in [0.2, 0.25) is 0 Å². The first kappa shape index (κ1) is 19.7. The van der Waals surface area contributed by atoms with Crippen molar-refractivity contribution in [2.75, 3.05) is 7.11 Å². The van der Waals surface area contributed by atoms with Gasteiger partial charge in [-0.2, -0.15) is 4.52 Å². The number of ether oxygens (including phenoxy) is 1. The molecule has 0 fully saturated rings. The van der Waals surface area contributed by atoms with E-state index < -0.39 is 5.69 Å². The molecule has 7 heteroatoms. The maximum absolute atomic E-state index is 13.4. The quantitative estimate of drug-likeness (QED) is 0.400. The molecule has 0 saturated carbocycles. The fourth-order valence-electron chi connectivity index (χ4n) is 3.81. The molecule has 0 atom stereocenters.